The van der Waals surface area contributed by atoms with Crippen LogP contribution in [0.25, 0.3) is 109 Å². The smallest absolute Gasteiger partial charge is 0.147 e. The molecule has 0 amide bonds. The molecule has 0 atom stereocenters. The monoisotopic (exact) mass is 926 g/mol. The van der Waals surface area contributed by atoms with E-state index in [0.717, 1.165) is 113 Å². The first-order valence-electron chi connectivity index (χ1n) is 25.0. The van der Waals surface area contributed by atoms with E-state index in [4.69, 9.17) is 8.83 Å². The highest BCUT2D eigenvalue weighted by molar-refractivity contribution is 6.32. The molecule has 0 fully saturated rings. The van der Waals surface area contributed by atoms with Crippen LogP contribution in [-0.2, 0) is 13.1 Å². The van der Waals surface area contributed by atoms with Gasteiger partial charge in [-0.15, -0.1) is 0 Å². The molecule has 0 unspecified atom stereocenters. The largest absolute Gasteiger partial charge is 0.456 e. The molecule has 6 heteroatoms. The van der Waals surface area contributed by atoms with E-state index in [1.165, 1.54) is 43.6 Å². The van der Waals surface area contributed by atoms with Crippen LogP contribution in [0.15, 0.2) is 227 Å². The van der Waals surface area contributed by atoms with E-state index in [1.807, 2.05) is 0 Å². The van der Waals surface area contributed by atoms with Crippen LogP contribution in [0.5, 0.6) is 0 Å². The van der Waals surface area contributed by atoms with E-state index in [1.54, 1.807) is 0 Å². The van der Waals surface area contributed by atoms with E-state index in [9.17, 15) is 0 Å². The lowest BCUT2D eigenvalue weighted by Crippen LogP contribution is -2.10. The summed E-state index contributed by atoms with van der Waals surface area (Å²) < 4.78 is 19.1. The van der Waals surface area contributed by atoms with Crippen molar-refractivity contribution < 1.29 is 8.83 Å². The molecule has 72 heavy (non-hydrogen) atoms. The quantitative estimate of drug-likeness (QED) is 0.152. The van der Waals surface area contributed by atoms with Crippen LogP contribution in [0, 0.1) is 0 Å². The van der Waals surface area contributed by atoms with Gasteiger partial charge in [0.05, 0.1) is 16.8 Å². The molecule has 4 aromatic heterocycles. The maximum atomic E-state index is 7.30. The van der Waals surface area contributed by atoms with Crippen LogP contribution in [-0.4, -0.2) is 9.13 Å². The van der Waals surface area contributed by atoms with Crippen LogP contribution in [0.2, 0.25) is 0 Å². The molecular weight excluding hydrogens is 881 g/mol. The van der Waals surface area contributed by atoms with Crippen molar-refractivity contribution in [1.82, 2.24) is 9.13 Å². The number of hydrogen-bond donors (Lipinski definition) is 0. The molecule has 4 heterocycles. The Labute approximate surface area is 414 Å². The van der Waals surface area contributed by atoms with Gasteiger partial charge < -0.3 is 27.8 Å². The van der Waals surface area contributed by atoms with Gasteiger partial charge in [0, 0.05) is 119 Å². The van der Waals surface area contributed by atoms with Gasteiger partial charge >= 0.3 is 0 Å². The fourth-order valence-electron chi connectivity index (χ4n) is 12.2. The summed E-state index contributed by atoms with van der Waals surface area (Å²) >= 11 is 0. The van der Waals surface area contributed by atoms with Crippen molar-refractivity contribution in [2.24, 2.45) is 0 Å². The molecule has 0 aliphatic rings. The standard InChI is InChI=1S/C66H46N4O2/c1-3-67-54-29-17-15-25-47(54)52-37-43(31-34-56(52)67)69(41-19-7-5-8-20-41)58-39-61-63(49-27-13-11-23-45(49)58)51-33-36-60-65(66(51)72-61)64-50-28-14-12-24-46(50)59(40-62(64)71-60)70(42-21-9-6-10-22-42)44-32-35-57-53(38-44)48-26-16-18-30-55(48)68(57)4-2/h5-40H,3-4H2,1-2H3. The van der Waals surface area contributed by atoms with E-state index in [2.05, 4.69) is 251 Å². The van der Waals surface area contributed by atoms with E-state index in [-0.39, 0.29) is 0 Å². The van der Waals surface area contributed by atoms with Crippen LogP contribution in [0.3, 0.4) is 0 Å². The van der Waals surface area contributed by atoms with Crippen LogP contribution in [0.4, 0.5) is 34.1 Å². The number of benzene rings is 11. The number of para-hydroxylation sites is 4. The Bertz CT molecular complexity index is 4670. The van der Waals surface area contributed by atoms with Crippen LogP contribution < -0.4 is 9.80 Å². The molecule has 15 rings (SSSR count). The summed E-state index contributed by atoms with van der Waals surface area (Å²) in [6.07, 6.45) is 0. The first-order valence-corrected chi connectivity index (χ1v) is 25.0. The third kappa shape index (κ3) is 5.78. The first-order chi connectivity index (χ1) is 35.6. The molecule has 6 nitrogen and oxygen atoms in total. The summed E-state index contributed by atoms with van der Waals surface area (Å²) in [7, 11) is 0. The lowest BCUT2D eigenvalue weighted by atomic mass is 9.98. The van der Waals surface area contributed by atoms with Gasteiger partial charge in [-0.25, -0.2) is 0 Å². The van der Waals surface area contributed by atoms with Gasteiger partial charge in [-0.2, -0.15) is 0 Å². The Kier molecular flexibility index (Phi) is 8.81. The fourth-order valence-corrected chi connectivity index (χ4v) is 12.2. The zero-order chi connectivity index (χ0) is 47.6. The normalized spacial score (nSPS) is 12.1. The Hall–Kier alpha value is -9.26. The minimum atomic E-state index is 0.786. The predicted molar refractivity (Wildman–Crippen MR) is 303 cm³/mol. The van der Waals surface area contributed by atoms with Gasteiger partial charge in [0.2, 0.25) is 0 Å². The Morgan fingerprint density at radius 3 is 1.25 bits per heavy atom. The fraction of sp³-hybridized carbons (Fsp3) is 0.0606. The second-order valence-corrected chi connectivity index (χ2v) is 18.9. The molecule has 0 saturated carbocycles. The molecule has 0 spiro atoms. The van der Waals surface area contributed by atoms with Gasteiger partial charge in [0.25, 0.3) is 0 Å². The predicted octanol–water partition coefficient (Wildman–Crippen LogP) is 19.0. The molecule has 0 saturated heterocycles. The third-order valence-electron chi connectivity index (χ3n) is 15.2. The lowest BCUT2D eigenvalue weighted by molar-refractivity contribution is 0.663. The van der Waals surface area contributed by atoms with Crippen molar-refractivity contribution in [2.75, 3.05) is 9.80 Å². The topological polar surface area (TPSA) is 42.6 Å². The molecular formula is C66H46N4O2. The maximum absolute atomic E-state index is 7.30. The van der Waals surface area contributed by atoms with Crippen molar-refractivity contribution in [3.63, 3.8) is 0 Å². The van der Waals surface area contributed by atoms with Crippen molar-refractivity contribution in [2.45, 2.75) is 26.9 Å². The number of rotatable bonds is 8. The number of fused-ring (bicyclic) bond motifs is 17. The molecule has 15 aromatic rings. The summed E-state index contributed by atoms with van der Waals surface area (Å²) in [6.45, 7) is 6.23. The van der Waals surface area contributed by atoms with Crippen molar-refractivity contribution in [3.8, 4) is 0 Å². The third-order valence-corrected chi connectivity index (χ3v) is 15.2. The lowest BCUT2D eigenvalue weighted by Gasteiger charge is -2.27. The molecule has 0 bridgehead atoms. The molecule has 0 aliphatic heterocycles. The Morgan fingerprint density at radius 2 is 0.736 bits per heavy atom. The number of anilines is 6. The number of hydrogen-bond acceptors (Lipinski definition) is 4. The summed E-state index contributed by atoms with van der Waals surface area (Å²) in [5.74, 6) is 0. The van der Waals surface area contributed by atoms with Crippen molar-refractivity contribution in [3.05, 3.63) is 218 Å². The van der Waals surface area contributed by atoms with Gasteiger partial charge in [0.15, 0.2) is 0 Å². The average molecular weight is 927 g/mol. The second kappa shape index (κ2) is 15.6. The van der Waals surface area contributed by atoms with E-state index >= 15 is 0 Å². The number of nitrogens with zero attached hydrogens (tertiary/aromatic N) is 4. The van der Waals surface area contributed by atoms with Crippen LogP contribution >= 0.6 is 0 Å². The summed E-state index contributed by atoms with van der Waals surface area (Å²) in [6, 6.07) is 79.0. The zero-order valence-corrected chi connectivity index (χ0v) is 39.8. The maximum Gasteiger partial charge on any atom is 0.147 e. The van der Waals surface area contributed by atoms with E-state index in [0.29, 0.717) is 0 Å². The summed E-state index contributed by atoms with van der Waals surface area (Å²) in [5, 5.41) is 13.6. The van der Waals surface area contributed by atoms with Gasteiger partial charge in [0.1, 0.15) is 22.3 Å². The highest BCUT2D eigenvalue weighted by Gasteiger charge is 2.26. The Morgan fingerprint density at radius 1 is 0.306 bits per heavy atom. The number of furan rings is 2. The highest BCUT2D eigenvalue weighted by Crippen LogP contribution is 2.50. The van der Waals surface area contributed by atoms with Crippen molar-refractivity contribution in [1.29, 1.82) is 0 Å². The zero-order valence-electron chi connectivity index (χ0n) is 39.8. The number of aromatic nitrogens is 2. The number of aryl methyl sites for hydroxylation is 2. The Balaban J connectivity index is 0.966. The summed E-state index contributed by atoms with van der Waals surface area (Å²) in [4.78, 5) is 4.78. The van der Waals surface area contributed by atoms with Gasteiger partial charge in [-0.05, 0) is 110 Å². The van der Waals surface area contributed by atoms with Gasteiger partial charge in [-0.3, -0.25) is 0 Å². The molecule has 0 radical (unpaired) electrons. The first kappa shape index (κ1) is 40.6. The van der Waals surface area contributed by atoms with Crippen molar-refractivity contribution >= 4 is 143 Å². The SMILES string of the molecule is CCn1c2ccccc2c2cc(N(c3ccccc3)c3cc4oc5c(ccc6oc7cc(N(c8ccccc8)c8ccc9c(c8)c8ccccc8n9CC)c8ccccc8c7c65)c4c4ccccc34)ccc21. The average Bonchev–Trinajstić information content (AvgIpc) is 4.19. The van der Waals surface area contributed by atoms with Crippen LogP contribution in [0.1, 0.15) is 13.8 Å². The molecule has 0 N–H and O–H groups in total. The molecule has 11 aromatic carbocycles. The van der Waals surface area contributed by atoms with Gasteiger partial charge in [-0.1, -0.05) is 121 Å². The minimum Gasteiger partial charge on any atom is -0.456 e. The molecule has 0 aliphatic carbocycles. The second-order valence-electron chi connectivity index (χ2n) is 18.9. The summed E-state index contributed by atoms with van der Waals surface area (Å²) in [5.41, 5.74) is 14.6. The van der Waals surface area contributed by atoms with E-state index < -0.39 is 0 Å². The minimum absolute atomic E-state index is 0.786. The molecule has 342 valence electrons. The highest BCUT2D eigenvalue weighted by atomic mass is 16.3.